The Morgan fingerprint density at radius 2 is 1.89 bits per heavy atom. The number of nitrogens with one attached hydrogen (secondary N) is 2. The molecule has 1 aliphatic heterocycles. The van der Waals surface area contributed by atoms with Gasteiger partial charge >= 0.3 is 6.03 Å². The van der Waals surface area contributed by atoms with Crippen LogP contribution in [0.3, 0.4) is 0 Å². The fourth-order valence-corrected chi connectivity index (χ4v) is 3.76. The van der Waals surface area contributed by atoms with E-state index in [9.17, 15) is 9.59 Å². The van der Waals surface area contributed by atoms with Crippen LogP contribution in [0, 0.1) is 0 Å². The maximum Gasteiger partial charge on any atom is 0.319 e. The van der Waals surface area contributed by atoms with E-state index >= 15 is 0 Å². The number of ether oxygens (including phenoxy) is 2. The van der Waals surface area contributed by atoms with Crippen LogP contribution in [0.15, 0.2) is 34.8 Å². The first kappa shape index (κ1) is 20.0. The molecular weight excluding hydrogens is 426 g/mol. The number of rotatable bonds is 5. The number of hydrogen-bond donors (Lipinski definition) is 2. The van der Waals surface area contributed by atoms with Crippen LogP contribution in [0.4, 0.5) is 16.2 Å². The van der Waals surface area contributed by atoms with Gasteiger partial charge in [0.1, 0.15) is 0 Å². The number of nitrogens with zero attached hydrogens (tertiary/aromatic N) is 1. The zero-order valence-corrected chi connectivity index (χ0v) is 17.6. The van der Waals surface area contributed by atoms with E-state index in [0.29, 0.717) is 30.3 Å². The van der Waals surface area contributed by atoms with Gasteiger partial charge in [0.15, 0.2) is 11.5 Å². The van der Waals surface area contributed by atoms with Gasteiger partial charge in [-0.2, -0.15) is 0 Å². The van der Waals surface area contributed by atoms with Crippen molar-refractivity contribution in [1.82, 2.24) is 5.32 Å². The van der Waals surface area contributed by atoms with Gasteiger partial charge in [-0.3, -0.25) is 4.79 Å². The third-order valence-corrected chi connectivity index (χ3v) is 5.02. The molecule has 8 heteroatoms. The maximum absolute atomic E-state index is 12.5. The Hall–Kier alpha value is -2.74. The molecule has 0 saturated carbocycles. The number of fused-ring (bicyclic) bond motifs is 1. The monoisotopic (exact) mass is 447 g/mol. The van der Waals surface area contributed by atoms with Crippen LogP contribution in [-0.4, -0.2) is 32.7 Å². The van der Waals surface area contributed by atoms with Crippen molar-refractivity contribution in [1.29, 1.82) is 0 Å². The van der Waals surface area contributed by atoms with Gasteiger partial charge in [0, 0.05) is 24.5 Å². The zero-order chi connectivity index (χ0) is 20.3. The highest BCUT2D eigenvalue weighted by Gasteiger charge is 2.26. The van der Waals surface area contributed by atoms with E-state index in [1.807, 2.05) is 18.2 Å². The van der Waals surface area contributed by atoms with Gasteiger partial charge in [0.2, 0.25) is 5.91 Å². The first-order valence-electron chi connectivity index (χ1n) is 8.79. The average molecular weight is 448 g/mol. The molecule has 1 heterocycles. The SMILES string of the molecule is COc1ccc(CNC(=O)Nc2cc(Br)cc3c2N(C(C)=O)CC3)cc1OC. The summed E-state index contributed by atoms with van der Waals surface area (Å²) in [5.41, 5.74) is 3.26. The van der Waals surface area contributed by atoms with Crippen molar-refractivity contribution >= 4 is 39.2 Å². The van der Waals surface area contributed by atoms with Crippen LogP contribution in [0.1, 0.15) is 18.1 Å². The van der Waals surface area contributed by atoms with Crippen LogP contribution in [-0.2, 0) is 17.8 Å². The second-order valence-corrected chi connectivity index (χ2v) is 7.29. The van der Waals surface area contributed by atoms with Crippen molar-refractivity contribution in [3.05, 3.63) is 45.9 Å². The number of urea groups is 1. The molecule has 3 rings (SSSR count). The highest BCUT2D eigenvalue weighted by molar-refractivity contribution is 9.10. The summed E-state index contributed by atoms with van der Waals surface area (Å²) >= 11 is 3.47. The van der Waals surface area contributed by atoms with E-state index in [4.69, 9.17) is 9.47 Å². The smallest absolute Gasteiger partial charge is 0.319 e. The topological polar surface area (TPSA) is 79.9 Å². The Labute approximate surface area is 172 Å². The summed E-state index contributed by atoms with van der Waals surface area (Å²) in [6.45, 7) is 2.46. The first-order chi connectivity index (χ1) is 13.4. The third kappa shape index (κ3) is 4.22. The van der Waals surface area contributed by atoms with E-state index in [0.717, 1.165) is 27.7 Å². The Kier molecular flexibility index (Phi) is 6.08. The standard InChI is InChI=1S/C20H22BrN3O4/c1-12(25)24-7-6-14-9-15(21)10-16(19(14)24)23-20(26)22-11-13-4-5-17(27-2)18(8-13)28-3/h4-5,8-10H,6-7,11H2,1-3H3,(H2,22,23,26). The lowest BCUT2D eigenvalue weighted by Gasteiger charge is -2.19. The number of anilines is 2. The summed E-state index contributed by atoms with van der Waals surface area (Å²) < 4.78 is 11.4. The van der Waals surface area contributed by atoms with Gasteiger partial charge in [-0.15, -0.1) is 0 Å². The fraction of sp³-hybridized carbons (Fsp3) is 0.300. The second kappa shape index (κ2) is 8.52. The molecule has 28 heavy (non-hydrogen) atoms. The molecule has 3 amide bonds. The summed E-state index contributed by atoms with van der Waals surface area (Å²) in [5.74, 6) is 1.18. The van der Waals surface area contributed by atoms with Crippen molar-refractivity contribution in [2.75, 3.05) is 31.0 Å². The van der Waals surface area contributed by atoms with Crippen molar-refractivity contribution < 1.29 is 19.1 Å². The molecule has 2 aromatic rings. The number of carbonyl (C=O) groups is 2. The van der Waals surface area contributed by atoms with Crippen LogP contribution in [0.5, 0.6) is 11.5 Å². The first-order valence-corrected chi connectivity index (χ1v) is 9.58. The van der Waals surface area contributed by atoms with Crippen molar-refractivity contribution in [2.45, 2.75) is 19.9 Å². The van der Waals surface area contributed by atoms with Gasteiger partial charge in [-0.1, -0.05) is 22.0 Å². The van der Waals surface area contributed by atoms with Crippen LogP contribution in [0.25, 0.3) is 0 Å². The number of benzene rings is 2. The molecule has 0 saturated heterocycles. The van der Waals surface area contributed by atoms with E-state index in [1.54, 1.807) is 31.3 Å². The quantitative estimate of drug-likeness (QED) is 0.731. The van der Waals surface area contributed by atoms with Gasteiger partial charge in [-0.25, -0.2) is 4.79 Å². The predicted octanol–water partition coefficient (Wildman–Crippen LogP) is 3.70. The molecule has 0 radical (unpaired) electrons. The summed E-state index contributed by atoms with van der Waals surface area (Å²) in [7, 11) is 3.14. The summed E-state index contributed by atoms with van der Waals surface area (Å²) in [6, 6.07) is 8.88. The molecule has 2 N–H and O–H groups in total. The molecule has 2 aromatic carbocycles. The number of methoxy groups -OCH3 is 2. The molecule has 0 bridgehead atoms. The Bertz CT molecular complexity index is 917. The molecule has 0 spiro atoms. The highest BCUT2D eigenvalue weighted by atomic mass is 79.9. The van der Waals surface area contributed by atoms with Gasteiger partial charge in [-0.05, 0) is 41.8 Å². The number of halogens is 1. The number of carbonyl (C=O) groups excluding carboxylic acids is 2. The van der Waals surface area contributed by atoms with Crippen LogP contribution in [0.2, 0.25) is 0 Å². The molecule has 0 unspecified atom stereocenters. The van der Waals surface area contributed by atoms with Crippen molar-refractivity contribution in [3.63, 3.8) is 0 Å². The van der Waals surface area contributed by atoms with Gasteiger partial charge < -0.3 is 25.0 Å². The molecule has 0 aliphatic carbocycles. The molecule has 0 aromatic heterocycles. The second-order valence-electron chi connectivity index (χ2n) is 6.38. The molecule has 148 valence electrons. The summed E-state index contributed by atoms with van der Waals surface area (Å²) in [6.07, 6.45) is 0.760. The highest BCUT2D eigenvalue weighted by Crippen LogP contribution is 2.38. The molecule has 7 nitrogen and oxygen atoms in total. The van der Waals surface area contributed by atoms with Crippen molar-refractivity contribution in [3.8, 4) is 11.5 Å². The number of amides is 3. The lowest BCUT2D eigenvalue weighted by atomic mass is 10.1. The molecule has 0 atom stereocenters. The Morgan fingerprint density at radius 3 is 2.57 bits per heavy atom. The van der Waals surface area contributed by atoms with E-state index in [-0.39, 0.29) is 11.9 Å². The molecule has 0 fully saturated rings. The normalized spacial score (nSPS) is 12.4. The van der Waals surface area contributed by atoms with E-state index < -0.39 is 0 Å². The minimum atomic E-state index is -0.356. The lowest BCUT2D eigenvalue weighted by molar-refractivity contribution is -0.116. The number of hydrogen-bond acceptors (Lipinski definition) is 4. The lowest BCUT2D eigenvalue weighted by Crippen LogP contribution is -2.30. The zero-order valence-electron chi connectivity index (χ0n) is 16.0. The minimum Gasteiger partial charge on any atom is -0.493 e. The van der Waals surface area contributed by atoms with E-state index in [2.05, 4.69) is 26.6 Å². The maximum atomic E-state index is 12.5. The van der Waals surface area contributed by atoms with Gasteiger partial charge in [0.25, 0.3) is 0 Å². The van der Waals surface area contributed by atoms with Crippen LogP contribution < -0.4 is 25.0 Å². The summed E-state index contributed by atoms with van der Waals surface area (Å²) in [4.78, 5) is 26.1. The molecular formula is C20H22BrN3O4. The predicted molar refractivity (Wildman–Crippen MR) is 111 cm³/mol. The third-order valence-electron chi connectivity index (χ3n) is 4.56. The van der Waals surface area contributed by atoms with Crippen molar-refractivity contribution in [2.24, 2.45) is 0 Å². The van der Waals surface area contributed by atoms with E-state index in [1.165, 1.54) is 6.92 Å². The molecule has 1 aliphatic rings. The summed E-state index contributed by atoms with van der Waals surface area (Å²) in [5, 5.41) is 5.69. The largest absolute Gasteiger partial charge is 0.493 e. The minimum absolute atomic E-state index is 0.0464. The van der Waals surface area contributed by atoms with Gasteiger partial charge in [0.05, 0.1) is 25.6 Å². The fourth-order valence-electron chi connectivity index (χ4n) is 3.26. The average Bonchev–Trinajstić information content (AvgIpc) is 3.10. The Morgan fingerprint density at radius 1 is 1.14 bits per heavy atom. The van der Waals surface area contributed by atoms with Crippen LogP contribution >= 0.6 is 15.9 Å². The Balaban J connectivity index is 1.72.